The van der Waals surface area contributed by atoms with Crippen LogP contribution in [0.4, 0.5) is 5.69 Å². The van der Waals surface area contributed by atoms with Crippen LogP contribution in [0.5, 0.6) is 0 Å². The first-order valence-electron chi connectivity index (χ1n) is 7.70. The van der Waals surface area contributed by atoms with E-state index in [1.165, 1.54) is 18.2 Å². The standard InChI is InChI=1S/C17H20N2O4S/c1-3-4-11-18-24(22,23)16-9-7-14(8-10-16)15-6-5-13(2)17(12-15)19(20)21/h5-10,12,18H,3-4,11H2,1-2H3. The molecule has 0 aliphatic carbocycles. The van der Waals surface area contributed by atoms with Crippen molar-refractivity contribution in [2.24, 2.45) is 0 Å². The minimum atomic E-state index is -3.52. The zero-order valence-electron chi connectivity index (χ0n) is 13.7. The fourth-order valence-corrected chi connectivity index (χ4v) is 3.35. The first kappa shape index (κ1) is 18.1. The number of aryl methyl sites for hydroxylation is 1. The smallest absolute Gasteiger partial charge is 0.258 e. The number of nitro benzene ring substituents is 1. The van der Waals surface area contributed by atoms with E-state index >= 15 is 0 Å². The van der Waals surface area contributed by atoms with Gasteiger partial charge in [0.1, 0.15) is 0 Å². The quantitative estimate of drug-likeness (QED) is 0.470. The number of rotatable bonds is 7. The fraction of sp³-hybridized carbons (Fsp3) is 0.294. The van der Waals surface area contributed by atoms with Crippen LogP contribution < -0.4 is 4.72 Å². The molecule has 0 heterocycles. The molecule has 0 unspecified atom stereocenters. The Balaban J connectivity index is 2.27. The summed E-state index contributed by atoms with van der Waals surface area (Å²) in [4.78, 5) is 10.8. The van der Waals surface area contributed by atoms with Gasteiger partial charge in [0, 0.05) is 18.2 Å². The molecule has 0 spiro atoms. The summed E-state index contributed by atoms with van der Waals surface area (Å²) in [5.41, 5.74) is 2.04. The molecule has 0 saturated heterocycles. The Bertz CT molecular complexity index is 830. The van der Waals surface area contributed by atoms with Crippen LogP contribution in [0.15, 0.2) is 47.4 Å². The molecule has 0 bridgehead atoms. The second-order valence-electron chi connectivity index (χ2n) is 5.53. The van der Waals surface area contributed by atoms with Gasteiger partial charge < -0.3 is 0 Å². The minimum absolute atomic E-state index is 0.0467. The van der Waals surface area contributed by atoms with E-state index in [0.29, 0.717) is 17.7 Å². The number of nitrogens with one attached hydrogen (secondary N) is 1. The molecule has 0 radical (unpaired) electrons. The summed E-state index contributed by atoms with van der Waals surface area (Å²) in [5.74, 6) is 0. The summed E-state index contributed by atoms with van der Waals surface area (Å²) in [6.45, 7) is 4.08. The van der Waals surface area contributed by atoms with E-state index in [1.54, 1.807) is 31.2 Å². The largest absolute Gasteiger partial charge is 0.272 e. The zero-order chi connectivity index (χ0) is 17.7. The molecule has 0 amide bonds. The van der Waals surface area contributed by atoms with Gasteiger partial charge in [0.05, 0.1) is 9.82 Å². The average molecular weight is 348 g/mol. The van der Waals surface area contributed by atoms with Crippen molar-refractivity contribution >= 4 is 15.7 Å². The summed E-state index contributed by atoms with van der Waals surface area (Å²) in [6, 6.07) is 11.3. The van der Waals surface area contributed by atoms with E-state index in [9.17, 15) is 18.5 Å². The molecule has 2 aromatic carbocycles. The van der Waals surface area contributed by atoms with Gasteiger partial charge in [0.2, 0.25) is 10.0 Å². The molecule has 0 atom stereocenters. The van der Waals surface area contributed by atoms with E-state index in [-0.39, 0.29) is 10.6 Å². The summed E-state index contributed by atoms with van der Waals surface area (Å²) in [6.07, 6.45) is 1.69. The molecular formula is C17H20N2O4S. The van der Waals surface area contributed by atoms with Crippen molar-refractivity contribution in [2.45, 2.75) is 31.6 Å². The van der Waals surface area contributed by atoms with Gasteiger partial charge in [-0.15, -0.1) is 0 Å². The second kappa shape index (κ2) is 7.55. The van der Waals surface area contributed by atoms with Gasteiger partial charge in [-0.25, -0.2) is 13.1 Å². The maximum atomic E-state index is 12.1. The van der Waals surface area contributed by atoms with Crippen molar-refractivity contribution < 1.29 is 13.3 Å². The molecule has 0 aliphatic rings. The summed E-state index contributed by atoms with van der Waals surface area (Å²) < 4.78 is 26.8. The van der Waals surface area contributed by atoms with E-state index < -0.39 is 14.9 Å². The Morgan fingerprint density at radius 3 is 2.29 bits per heavy atom. The fourth-order valence-electron chi connectivity index (χ4n) is 2.28. The molecule has 2 rings (SSSR count). The van der Waals surface area contributed by atoms with Crippen LogP contribution in [0, 0.1) is 17.0 Å². The van der Waals surface area contributed by atoms with Crippen LogP contribution in [0.1, 0.15) is 25.3 Å². The average Bonchev–Trinajstić information content (AvgIpc) is 2.55. The number of hydrogen-bond donors (Lipinski definition) is 1. The van der Waals surface area contributed by atoms with Crippen LogP contribution in [0.2, 0.25) is 0 Å². The zero-order valence-corrected chi connectivity index (χ0v) is 14.5. The van der Waals surface area contributed by atoms with Crippen LogP contribution >= 0.6 is 0 Å². The van der Waals surface area contributed by atoms with E-state index in [4.69, 9.17) is 0 Å². The van der Waals surface area contributed by atoms with Gasteiger partial charge in [-0.1, -0.05) is 37.6 Å². The Morgan fingerprint density at radius 1 is 1.08 bits per heavy atom. The lowest BCUT2D eigenvalue weighted by atomic mass is 10.0. The minimum Gasteiger partial charge on any atom is -0.258 e. The Hall–Kier alpha value is -2.25. The monoisotopic (exact) mass is 348 g/mol. The Morgan fingerprint density at radius 2 is 1.71 bits per heavy atom. The van der Waals surface area contributed by atoms with Gasteiger partial charge in [0.15, 0.2) is 0 Å². The molecule has 0 fully saturated rings. The van der Waals surface area contributed by atoms with Gasteiger partial charge in [-0.2, -0.15) is 0 Å². The first-order valence-corrected chi connectivity index (χ1v) is 9.18. The lowest BCUT2D eigenvalue weighted by Crippen LogP contribution is -2.24. The maximum absolute atomic E-state index is 12.1. The predicted octanol–water partition coefficient (Wildman–Crippen LogP) is 3.65. The van der Waals surface area contributed by atoms with Crippen molar-refractivity contribution in [1.82, 2.24) is 4.72 Å². The molecule has 1 N–H and O–H groups in total. The predicted molar refractivity (Wildman–Crippen MR) is 93.4 cm³/mol. The third-order valence-corrected chi connectivity index (χ3v) is 5.20. The van der Waals surface area contributed by atoms with Crippen molar-refractivity contribution in [3.05, 3.63) is 58.1 Å². The van der Waals surface area contributed by atoms with Crippen molar-refractivity contribution in [3.63, 3.8) is 0 Å². The Labute approximate surface area is 141 Å². The maximum Gasteiger partial charge on any atom is 0.272 e. The molecule has 24 heavy (non-hydrogen) atoms. The van der Waals surface area contributed by atoms with Crippen molar-refractivity contribution in [3.8, 4) is 11.1 Å². The number of hydrogen-bond acceptors (Lipinski definition) is 4. The molecule has 0 saturated carbocycles. The lowest BCUT2D eigenvalue weighted by Gasteiger charge is -2.08. The first-order chi connectivity index (χ1) is 11.3. The molecule has 128 valence electrons. The van der Waals surface area contributed by atoms with E-state index in [0.717, 1.165) is 18.4 Å². The van der Waals surface area contributed by atoms with Gasteiger partial charge >= 0.3 is 0 Å². The summed E-state index contributed by atoms with van der Waals surface area (Å²) >= 11 is 0. The summed E-state index contributed by atoms with van der Waals surface area (Å²) in [5, 5.41) is 11.0. The number of sulfonamides is 1. The Kier molecular flexibility index (Phi) is 5.69. The highest BCUT2D eigenvalue weighted by atomic mass is 32.2. The van der Waals surface area contributed by atoms with Crippen LogP contribution in [-0.2, 0) is 10.0 Å². The molecular weight excluding hydrogens is 328 g/mol. The highest BCUT2D eigenvalue weighted by Gasteiger charge is 2.15. The van der Waals surface area contributed by atoms with Crippen LogP contribution in [0.25, 0.3) is 11.1 Å². The van der Waals surface area contributed by atoms with Crippen molar-refractivity contribution in [1.29, 1.82) is 0 Å². The summed E-state index contributed by atoms with van der Waals surface area (Å²) in [7, 11) is -3.52. The third-order valence-electron chi connectivity index (χ3n) is 3.73. The highest BCUT2D eigenvalue weighted by Crippen LogP contribution is 2.27. The highest BCUT2D eigenvalue weighted by molar-refractivity contribution is 7.89. The molecule has 2 aromatic rings. The third kappa shape index (κ3) is 4.18. The molecule has 0 aliphatic heterocycles. The van der Waals surface area contributed by atoms with Gasteiger partial charge in [-0.3, -0.25) is 10.1 Å². The normalized spacial score (nSPS) is 11.4. The molecule has 0 aromatic heterocycles. The van der Waals surface area contributed by atoms with Crippen LogP contribution in [0.3, 0.4) is 0 Å². The number of nitrogens with zero attached hydrogens (tertiary/aromatic N) is 1. The number of unbranched alkanes of at least 4 members (excludes halogenated alkanes) is 1. The number of nitro groups is 1. The van der Waals surface area contributed by atoms with Crippen molar-refractivity contribution in [2.75, 3.05) is 6.54 Å². The number of benzene rings is 2. The van der Waals surface area contributed by atoms with Crippen LogP contribution in [-0.4, -0.2) is 19.9 Å². The lowest BCUT2D eigenvalue weighted by molar-refractivity contribution is -0.385. The van der Waals surface area contributed by atoms with E-state index in [1.807, 2.05) is 6.92 Å². The molecule has 6 nitrogen and oxygen atoms in total. The second-order valence-corrected chi connectivity index (χ2v) is 7.30. The van der Waals surface area contributed by atoms with Gasteiger partial charge in [-0.05, 0) is 36.6 Å². The van der Waals surface area contributed by atoms with E-state index in [2.05, 4.69) is 4.72 Å². The SMILES string of the molecule is CCCCNS(=O)(=O)c1ccc(-c2ccc(C)c([N+](=O)[O-])c2)cc1. The molecule has 7 heteroatoms. The van der Waals surface area contributed by atoms with Gasteiger partial charge in [0.25, 0.3) is 5.69 Å². The topological polar surface area (TPSA) is 89.3 Å².